The molecule has 33 heavy (non-hydrogen) atoms. The summed E-state index contributed by atoms with van der Waals surface area (Å²) >= 11 is 6.37. The maximum atomic E-state index is 12.7. The van der Waals surface area contributed by atoms with Crippen LogP contribution in [-0.2, 0) is 14.8 Å². The summed E-state index contributed by atoms with van der Waals surface area (Å²) in [7, 11) is -3.19. The van der Waals surface area contributed by atoms with Gasteiger partial charge in [-0.25, -0.2) is 13.4 Å². The van der Waals surface area contributed by atoms with Crippen LogP contribution in [0.1, 0.15) is 0 Å². The predicted octanol–water partition coefficient (Wildman–Crippen LogP) is 4.39. The number of carbonyl (C=O) groups excluding carboxylic acids is 1. The van der Waals surface area contributed by atoms with Gasteiger partial charge in [0.2, 0.25) is 15.9 Å². The Balaban J connectivity index is 1.35. The second-order valence-electron chi connectivity index (χ2n) is 7.51. The molecule has 0 spiro atoms. The van der Waals surface area contributed by atoms with Gasteiger partial charge in [0.1, 0.15) is 0 Å². The van der Waals surface area contributed by atoms with Gasteiger partial charge in [-0.3, -0.25) is 4.79 Å². The fourth-order valence-corrected chi connectivity index (χ4v) is 6.23. The first-order chi connectivity index (χ1) is 15.8. The molecule has 1 aromatic heterocycles. The van der Waals surface area contributed by atoms with Gasteiger partial charge >= 0.3 is 0 Å². The number of hydrogen-bond donors (Lipinski definition) is 1. The van der Waals surface area contributed by atoms with Crippen molar-refractivity contribution in [3.8, 4) is 11.3 Å². The molecule has 0 aliphatic carbocycles. The highest BCUT2D eigenvalue weighted by Gasteiger charge is 2.24. The van der Waals surface area contributed by atoms with E-state index in [2.05, 4.69) is 31.1 Å². The lowest BCUT2D eigenvalue weighted by atomic mass is 10.2. The number of carbonyl (C=O) groups is 1. The van der Waals surface area contributed by atoms with E-state index in [1.165, 1.54) is 33.7 Å². The Morgan fingerprint density at radius 3 is 2.52 bits per heavy atom. The van der Waals surface area contributed by atoms with Crippen molar-refractivity contribution >= 4 is 66.3 Å². The van der Waals surface area contributed by atoms with E-state index in [1.54, 1.807) is 0 Å². The highest BCUT2D eigenvalue weighted by molar-refractivity contribution is 9.10. The zero-order valence-electron chi connectivity index (χ0n) is 17.9. The van der Waals surface area contributed by atoms with Crippen LogP contribution in [0.4, 0.5) is 11.4 Å². The van der Waals surface area contributed by atoms with Crippen LogP contribution in [0.25, 0.3) is 11.3 Å². The van der Waals surface area contributed by atoms with Crippen LogP contribution in [0.15, 0.2) is 62.7 Å². The number of halogens is 1. The largest absolute Gasteiger partial charge is 0.367 e. The van der Waals surface area contributed by atoms with Crippen LogP contribution in [0.5, 0.6) is 0 Å². The maximum absolute atomic E-state index is 12.7. The zero-order chi connectivity index (χ0) is 23.4. The van der Waals surface area contributed by atoms with E-state index in [0.717, 1.165) is 31.4 Å². The molecular weight excluding hydrogens is 544 g/mol. The third kappa shape index (κ3) is 6.36. The average Bonchev–Trinajstić information content (AvgIpc) is 3.27. The minimum Gasteiger partial charge on any atom is -0.367 e. The molecule has 1 aliphatic rings. The van der Waals surface area contributed by atoms with Gasteiger partial charge in [0.05, 0.1) is 29.1 Å². The summed E-state index contributed by atoms with van der Waals surface area (Å²) in [6.45, 7) is 2.02. The lowest BCUT2D eigenvalue weighted by Crippen LogP contribution is -2.48. The molecule has 0 unspecified atom stereocenters. The molecular formula is C22H23BrN4O3S3. The molecule has 2 aromatic carbocycles. The van der Waals surface area contributed by atoms with E-state index in [1.807, 2.05) is 53.9 Å². The Morgan fingerprint density at radius 1 is 1.12 bits per heavy atom. The summed E-state index contributed by atoms with van der Waals surface area (Å²) in [5.41, 5.74) is 3.56. The van der Waals surface area contributed by atoms with Crippen LogP contribution >= 0.6 is 39.0 Å². The standard InChI is InChI=1S/C22H23BrN4O3S3/c1-33(29,30)27-12-10-26(11-13-27)20-5-3-2-4-18(20)24-21(28)15-32-22-25-19(14-31-22)16-6-8-17(23)9-7-16/h2-9,14H,10-13,15H2,1H3,(H,24,28). The molecule has 11 heteroatoms. The molecule has 3 aromatic rings. The Bertz CT molecular complexity index is 1220. The third-order valence-electron chi connectivity index (χ3n) is 5.18. The van der Waals surface area contributed by atoms with E-state index in [0.29, 0.717) is 26.2 Å². The molecule has 1 aliphatic heterocycles. The second-order valence-corrected chi connectivity index (χ2v) is 12.5. The summed E-state index contributed by atoms with van der Waals surface area (Å²) in [5.74, 6) is 0.145. The second kappa shape index (κ2) is 10.6. The highest BCUT2D eigenvalue weighted by atomic mass is 79.9. The number of hydrogen-bond acceptors (Lipinski definition) is 7. The summed E-state index contributed by atoms with van der Waals surface area (Å²) in [6, 6.07) is 15.6. The van der Waals surface area contributed by atoms with Gasteiger partial charge in [-0.2, -0.15) is 4.31 Å². The monoisotopic (exact) mass is 566 g/mol. The molecule has 0 saturated carbocycles. The van der Waals surface area contributed by atoms with Crippen LogP contribution < -0.4 is 10.2 Å². The maximum Gasteiger partial charge on any atom is 0.234 e. The molecule has 7 nitrogen and oxygen atoms in total. The fourth-order valence-electron chi connectivity index (χ4n) is 3.51. The number of anilines is 2. The Kier molecular flexibility index (Phi) is 7.75. The van der Waals surface area contributed by atoms with Gasteiger partial charge in [0.25, 0.3) is 0 Å². The summed E-state index contributed by atoms with van der Waals surface area (Å²) in [4.78, 5) is 19.4. The molecule has 1 fully saturated rings. The van der Waals surface area contributed by atoms with Crippen molar-refractivity contribution in [1.29, 1.82) is 0 Å². The average molecular weight is 568 g/mol. The Morgan fingerprint density at radius 2 is 1.82 bits per heavy atom. The van der Waals surface area contributed by atoms with Gasteiger partial charge < -0.3 is 10.2 Å². The quantitative estimate of drug-likeness (QED) is 0.427. The fraction of sp³-hybridized carbons (Fsp3) is 0.273. The normalized spacial score (nSPS) is 14.9. The number of benzene rings is 2. The smallest absolute Gasteiger partial charge is 0.234 e. The van der Waals surface area contributed by atoms with Gasteiger partial charge in [-0.1, -0.05) is 52.0 Å². The van der Waals surface area contributed by atoms with Crippen molar-refractivity contribution in [3.05, 3.63) is 58.4 Å². The topological polar surface area (TPSA) is 82.6 Å². The highest BCUT2D eigenvalue weighted by Crippen LogP contribution is 2.30. The molecule has 1 amide bonds. The van der Waals surface area contributed by atoms with Crippen molar-refractivity contribution in [3.63, 3.8) is 0 Å². The first kappa shape index (κ1) is 24.2. The predicted molar refractivity (Wildman–Crippen MR) is 140 cm³/mol. The van der Waals surface area contributed by atoms with E-state index in [-0.39, 0.29) is 11.7 Å². The lowest BCUT2D eigenvalue weighted by Gasteiger charge is -2.35. The molecule has 1 N–H and O–H groups in total. The molecule has 174 valence electrons. The summed E-state index contributed by atoms with van der Waals surface area (Å²) < 4.78 is 26.9. The molecule has 1 saturated heterocycles. The van der Waals surface area contributed by atoms with Crippen molar-refractivity contribution in [1.82, 2.24) is 9.29 Å². The number of nitrogens with zero attached hydrogens (tertiary/aromatic N) is 3. The van der Waals surface area contributed by atoms with Crippen LogP contribution in [0.3, 0.4) is 0 Å². The molecule has 0 radical (unpaired) electrons. The Hall–Kier alpha value is -1.92. The van der Waals surface area contributed by atoms with Gasteiger partial charge in [0.15, 0.2) is 4.34 Å². The first-order valence-corrected chi connectivity index (χ1v) is 14.7. The van der Waals surface area contributed by atoms with Crippen LogP contribution in [-0.4, -0.2) is 61.8 Å². The number of piperazine rings is 1. The number of nitrogens with one attached hydrogen (secondary N) is 1. The Labute approximate surface area is 210 Å². The van der Waals surface area contributed by atoms with Crippen molar-refractivity contribution in [2.75, 3.05) is 48.4 Å². The van der Waals surface area contributed by atoms with E-state index in [9.17, 15) is 13.2 Å². The molecule has 2 heterocycles. The summed E-state index contributed by atoms with van der Waals surface area (Å²) in [5, 5.41) is 5.00. The lowest BCUT2D eigenvalue weighted by molar-refractivity contribution is -0.113. The minimum atomic E-state index is -3.19. The molecule has 0 bridgehead atoms. The summed E-state index contributed by atoms with van der Waals surface area (Å²) in [6.07, 6.45) is 1.23. The van der Waals surface area contributed by atoms with Crippen molar-refractivity contribution in [2.45, 2.75) is 4.34 Å². The van der Waals surface area contributed by atoms with E-state index >= 15 is 0 Å². The van der Waals surface area contributed by atoms with Gasteiger partial charge in [-0.05, 0) is 24.3 Å². The van der Waals surface area contributed by atoms with Gasteiger partial charge in [0, 0.05) is 41.6 Å². The first-order valence-electron chi connectivity index (χ1n) is 10.2. The van der Waals surface area contributed by atoms with Crippen molar-refractivity contribution < 1.29 is 13.2 Å². The number of aromatic nitrogens is 1. The van der Waals surface area contributed by atoms with Crippen LogP contribution in [0.2, 0.25) is 0 Å². The van der Waals surface area contributed by atoms with Crippen molar-refractivity contribution in [2.24, 2.45) is 0 Å². The molecule has 4 rings (SSSR count). The zero-order valence-corrected chi connectivity index (χ0v) is 21.9. The number of para-hydroxylation sites is 2. The number of rotatable bonds is 7. The molecule has 0 atom stereocenters. The SMILES string of the molecule is CS(=O)(=O)N1CCN(c2ccccc2NC(=O)CSc2nc(-c3ccc(Br)cc3)cs2)CC1. The number of thiazole rings is 1. The number of amides is 1. The third-order valence-corrected chi connectivity index (χ3v) is 9.03. The number of thioether (sulfide) groups is 1. The number of sulfonamides is 1. The van der Waals surface area contributed by atoms with E-state index in [4.69, 9.17) is 0 Å². The van der Waals surface area contributed by atoms with Crippen LogP contribution in [0, 0.1) is 0 Å². The minimum absolute atomic E-state index is 0.109. The van der Waals surface area contributed by atoms with E-state index < -0.39 is 10.0 Å². The van der Waals surface area contributed by atoms with Gasteiger partial charge in [-0.15, -0.1) is 11.3 Å².